The van der Waals surface area contributed by atoms with Crippen molar-refractivity contribution in [1.29, 1.82) is 0 Å². The number of nitrogens with zero attached hydrogens (tertiary/aromatic N) is 2. The lowest BCUT2D eigenvalue weighted by molar-refractivity contribution is 0.103. The van der Waals surface area contributed by atoms with Gasteiger partial charge in [0.2, 0.25) is 5.78 Å². The second kappa shape index (κ2) is 5.21. The lowest BCUT2D eigenvalue weighted by atomic mass is 10.00. The van der Waals surface area contributed by atoms with Crippen LogP contribution in [0.3, 0.4) is 0 Å². The minimum absolute atomic E-state index is 0.00646. The molecule has 100 valence electrons. The zero-order chi connectivity index (χ0) is 14.1. The van der Waals surface area contributed by atoms with Crippen LogP contribution >= 0.6 is 15.9 Å². The quantitative estimate of drug-likeness (QED) is 0.680. The molecule has 0 spiro atoms. The number of hydrogen-bond acceptors (Lipinski definition) is 2. The zero-order valence-electron chi connectivity index (χ0n) is 11.0. The van der Waals surface area contributed by atoms with Gasteiger partial charge in [0.05, 0.1) is 10.7 Å². The van der Waals surface area contributed by atoms with E-state index in [4.69, 9.17) is 0 Å². The van der Waals surface area contributed by atoms with Crippen LogP contribution in [0, 0.1) is 0 Å². The summed E-state index contributed by atoms with van der Waals surface area (Å²) in [5, 5.41) is 6.24. The molecule has 3 aromatic rings. The molecule has 0 N–H and O–H groups in total. The van der Waals surface area contributed by atoms with Crippen molar-refractivity contribution < 1.29 is 4.79 Å². The molecule has 0 unspecified atom stereocenters. The summed E-state index contributed by atoms with van der Waals surface area (Å²) in [4.78, 5) is 12.8. The molecule has 2 aromatic carbocycles. The maximum atomic E-state index is 12.8. The lowest BCUT2D eigenvalue weighted by Crippen LogP contribution is -2.11. The van der Waals surface area contributed by atoms with E-state index in [0.29, 0.717) is 17.8 Å². The molecule has 0 aliphatic carbocycles. The van der Waals surface area contributed by atoms with Crippen LogP contribution in [-0.4, -0.2) is 15.6 Å². The van der Waals surface area contributed by atoms with E-state index in [9.17, 15) is 4.79 Å². The van der Waals surface area contributed by atoms with Gasteiger partial charge in [-0.3, -0.25) is 9.48 Å². The Hall–Kier alpha value is -1.94. The Balaban J connectivity index is 2.20. The summed E-state index contributed by atoms with van der Waals surface area (Å²) < 4.78 is 2.45. The monoisotopic (exact) mass is 328 g/mol. The molecular formula is C16H13BrN2O. The third-order valence-corrected chi connectivity index (χ3v) is 3.92. The molecule has 0 amide bonds. The van der Waals surface area contributed by atoms with E-state index in [2.05, 4.69) is 21.0 Å². The van der Waals surface area contributed by atoms with Gasteiger partial charge >= 0.3 is 0 Å². The van der Waals surface area contributed by atoms with Crippen LogP contribution in [0.25, 0.3) is 10.8 Å². The Bertz CT molecular complexity index is 787. The Labute approximate surface area is 125 Å². The van der Waals surface area contributed by atoms with E-state index in [0.717, 1.165) is 15.2 Å². The van der Waals surface area contributed by atoms with Gasteiger partial charge in [-0.15, -0.1) is 0 Å². The molecule has 0 aliphatic rings. The zero-order valence-corrected chi connectivity index (χ0v) is 12.6. The average molecular weight is 329 g/mol. The fraction of sp³-hybridized carbons (Fsp3) is 0.125. The lowest BCUT2D eigenvalue weighted by Gasteiger charge is -2.08. The molecule has 0 saturated carbocycles. The molecule has 20 heavy (non-hydrogen) atoms. The molecule has 0 saturated heterocycles. The predicted molar refractivity (Wildman–Crippen MR) is 83.0 cm³/mol. The fourth-order valence-corrected chi connectivity index (χ4v) is 2.86. The van der Waals surface area contributed by atoms with Crippen LogP contribution < -0.4 is 0 Å². The standard InChI is InChI=1S/C16H13BrN2O/c1-2-19-15(14(17)10-18-19)16(20)13-9-5-7-11-6-3-4-8-12(11)13/h3-10H,2H2,1H3. The normalized spacial score (nSPS) is 10.9. The highest BCUT2D eigenvalue weighted by molar-refractivity contribution is 9.10. The van der Waals surface area contributed by atoms with Crippen molar-refractivity contribution in [2.45, 2.75) is 13.5 Å². The van der Waals surface area contributed by atoms with Crippen molar-refractivity contribution in [3.8, 4) is 0 Å². The van der Waals surface area contributed by atoms with E-state index in [1.807, 2.05) is 49.4 Å². The molecule has 0 aliphatic heterocycles. The highest BCUT2D eigenvalue weighted by Gasteiger charge is 2.19. The molecule has 1 heterocycles. The van der Waals surface area contributed by atoms with Gasteiger partial charge in [0.25, 0.3) is 0 Å². The maximum Gasteiger partial charge on any atom is 0.212 e. The van der Waals surface area contributed by atoms with Crippen molar-refractivity contribution in [3.05, 3.63) is 64.4 Å². The number of benzene rings is 2. The Morgan fingerprint density at radius 2 is 1.95 bits per heavy atom. The van der Waals surface area contributed by atoms with Gasteiger partial charge in [-0.25, -0.2) is 0 Å². The highest BCUT2D eigenvalue weighted by atomic mass is 79.9. The van der Waals surface area contributed by atoms with Crippen LogP contribution in [0.15, 0.2) is 53.1 Å². The van der Waals surface area contributed by atoms with E-state index < -0.39 is 0 Å². The van der Waals surface area contributed by atoms with Gasteiger partial charge < -0.3 is 0 Å². The van der Waals surface area contributed by atoms with Crippen molar-refractivity contribution >= 4 is 32.5 Å². The molecule has 3 nitrogen and oxygen atoms in total. The minimum Gasteiger partial charge on any atom is -0.287 e. The maximum absolute atomic E-state index is 12.8. The SMILES string of the molecule is CCn1ncc(Br)c1C(=O)c1cccc2ccccc12. The molecular weight excluding hydrogens is 316 g/mol. The summed E-state index contributed by atoms with van der Waals surface area (Å²) in [6.45, 7) is 2.64. The van der Waals surface area contributed by atoms with E-state index in [1.165, 1.54) is 0 Å². The van der Waals surface area contributed by atoms with Crippen LogP contribution in [-0.2, 0) is 6.54 Å². The molecule has 0 bridgehead atoms. The van der Waals surface area contributed by atoms with Crippen LogP contribution in [0.1, 0.15) is 23.0 Å². The topological polar surface area (TPSA) is 34.9 Å². The summed E-state index contributed by atoms with van der Waals surface area (Å²) in [6.07, 6.45) is 1.67. The van der Waals surface area contributed by atoms with Gasteiger partial charge in [0, 0.05) is 12.1 Å². The van der Waals surface area contributed by atoms with Gasteiger partial charge in [0.15, 0.2) is 0 Å². The second-order valence-electron chi connectivity index (χ2n) is 4.51. The first kappa shape index (κ1) is 13.1. The van der Waals surface area contributed by atoms with Gasteiger partial charge in [0.1, 0.15) is 5.69 Å². The Kier molecular flexibility index (Phi) is 3.40. The van der Waals surface area contributed by atoms with Crippen molar-refractivity contribution in [3.63, 3.8) is 0 Å². The number of halogens is 1. The number of carbonyl (C=O) groups excluding carboxylic acids is 1. The van der Waals surface area contributed by atoms with Gasteiger partial charge in [-0.1, -0.05) is 42.5 Å². The highest BCUT2D eigenvalue weighted by Crippen LogP contribution is 2.25. The molecule has 4 heteroatoms. The van der Waals surface area contributed by atoms with Gasteiger partial charge in [-0.2, -0.15) is 5.10 Å². The summed E-state index contributed by atoms with van der Waals surface area (Å²) in [5.74, 6) is -0.00646. The molecule has 1 aromatic heterocycles. The molecule has 0 radical (unpaired) electrons. The summed E-state index contributed by atoms with van der Waals surface area (Å²) in [7, 11) is 0. The predicted octanol–water partition coefficient (Wildman–Crippen LogP) is 4.05. The first-order valence-electron chi connectivity index (χ1n) is 6.46. The van der Waals surface area contributed by atoms with Crippen LogP contribution in [0.5, 0.6) is 0 Å². The summed E-state index contributed by atoms with van der Waals surface area (Å²) in [5.41, 5.74) is 1.31. The number of rotatable bonds is 3. The van der Waals surface area contributed by atoms with Crippen molar-refractivity contribution in [2.75, 3.05) is 0 Å². The van der Waals surface area contributed by atoms with Crippen LogP contribution in [0.4, 0.5) is 0 Å². The average Bonchev–Trinajstić information content (AvgIpc) is 2.87. The largest absolute Gasteiger partial charge is 0.287 e. The van der Waals surface area contributed by atoms with E-state index in [-0.39, 0.29) is 5.78 Å². The third kappa shape index (κ3) is 2.06. The number of aryl methyl sites for hydroxylation is 1. The Morgan fingerprint density at radius 1 is 1.20 bits per heavy atom. The van der Waals surface area contributed by atoms with E-state index in [1.54, 1.807) is 10.9 Å². The molecule has 3 rings (SSSR count). The second-order valence-corrected chi connectivity index (χ2v) is 5.37. The number of carbonyl (C=O) groups is 1. The fourth-order valence-electron chi connectivity index (χ4n) is 2.38. The first-order chi connectivity index (χ1) is 9.72. The summed E-state index contributed by atoms with van der Waals surface area (Å²) >= 11 is 3.42. The van der Waals surface area contributed by atoms with Gasteiger partial charge in [-0.05, 0) is 33.6 Å². The Morgan fingerprint density at radius 3 is 2.75 bits per heavy atom. The van der Waals surface area contributed by atoms with Crippen LogP contribution in [0.2, 0.25) is 0 Å². The number of hydrogen-bond donors (Lipinski definition) is 0. The number of fused-ring (bicyclic) bond motifs is 1. The van der Waals surface area contributed by atoms with E-state index >= 15 is 0 Å². The third-order valence-electron chi connectivity index (χ3n) is 3.34. The molecule has 0 atom stereocenters. The first-order valence-corrected chi connectivity index (χ1v) is 7.25. The summed E-state index contributed by atoms with van der Waals surface area (Å²) in [6, 6.07) is 13.7. The smallest absolute Gasteiger partial charge is 0.212 e. The minimum atomic E-state index is -0.00646. The number of aromatic nitrogens is 2. The van der Waals surface area contributed by atoms with Crippen molar-refractivity contribution in [2.24, 2.45) is 0 Å². The number of ketones is 1. The molecule has 0 fully saturated rings. The van der Waals surface area contributed by atoms with Crippen molar-refractivity contribution in [1.82, 2.24) is 9.78 Å².